The summed E-state index contributed by atoms with van der Waals surface area (Å²) < 4.78 is 26.3. The summed E-state index contributed by atoms with van der Waals surface area (Å²) in [6.07, 6.45) is 0.542. The molecule has 0 aliphatic heterocycles. The number of thiazole rings is 1. The summed E-state index contributed by atoms with van der Waals surface area (Å²) in [7, 11) is -3.44. The zero-order valence-corrected chi connectivity index (χ0v) is 12.7. The maximum absolute atomic E-state index is 11.9. The lowest BCUT2D eigenvalue weighted by Gasteiger charge is -2.06. The Bertz CT molecular complexity index is 694. The SMILES string of the molecule is O=C(O)c1ccc(CS(=O)(=O)NCCc2cscn2)cc1. The van der Waals surface area contributed by atoms with E-state index >= 15 is 0 Å². The van der Waals surface area contributed by atoms with E-state index < -0.39 is 16.0 Å². The van der Waals surface area contributed by atoms with Gasteiger partial charge in [0.05, 0.1) is 22.5 Å². The smallest absolute Gasteiger partial charge is 0.335 e. The summed E-state index contributed by atoms with van der Waals surface area (Å²) in [4.78, 5) is 14.8. The number of carbonyl (C=O) groups is 1. The minimum absolute atomic E-state index is 0.132. The van der Waals surface area contributed by atoms with E-state index in [0.29, 0.717) is 18.5 Å². The van der Waals surface area contributed by atoms with E-state index in [4.69, 9.17) is 5.11 Å². The maximum Gasteiger partial charge on any atom is 0.335 e. The van der Waals surface area contributed by atoms with Crippen molar-refractivity contribution in [1.82, 2.24) is 9.71 Å². The second kappa shape index (κ2) is 6.79. The zero-order chi connectivity index (χ0) is 15.3. The van der Waals surface area contributed by atoms with Crippen molar-refractivity contribution in [3.8, 4) is 0 Å². The third-order valence-electron chi connectivity index (χ3n) is 2.74. The molecule has 112 valence electrons. The fourth-order valence-electron chi connectivity index (χ4n) is 1.71. The number of nitrogens with one attached hydrogen (secondary N) is 1. The Morgan fingerprint density at radius 3 is 2.57 bits per heavy atom. The zero-order valence-electron chi connectivity index (χ0n) is 11.0. The number of sulfonamides is 1. The van der Waals surface area contributed by atoms with E-state index in [0.717, 1.165) is 5.69 Å². The first kappa shape index (κ1) is 15.6. The van der Waals surface area contributed by atoms with Gasteiger partial charge in [0.1, 0.15) is 0 Å². The van der Waals surface area contributed by atoms with Crippen LogP contribution in [0.1, 0.15) is 21.6 Å². The molecule has 1 aromatic heterocycles. The fourth-order valence-corrected chi connectivity index (χ4v) is 3.45. The molecule has 0 aliphatic rings. The van der Waals surface area contributed by atoms with Gasteiger partial charge in [-0.1, -0.05) is 12.1 Å². The van der Waals surface area contributed by atoms with E-state index in [1.807, 2.05) is 5.38 Å². The van der Waals surface area contributed by atoms with Gasteiger partial charge >= 0.3 is 5.97 Å². The second-order valence-corrected chi connectivity index (χ2v) is 6.91. The average molecular weight is 326 g/mol. The first-order valence-corrected chi connectivity index (χ1v) is 8.72. The molecule has 0 atom stereocenters. The predicted octanol–water partition coefficient (Wildman–Crippen LogP) is 1.50. The van der Waals surface area contributed by atoms with Gasteiger partial charge in [0.2, 0.25) is 10.0 Å². The number of carboxylic acids is 1. The van der Waals surface area contributed by atoms with Crippen molar-refractivity contribution in [2.75, 3.05) is 6.54 Å². The van der Waals surface area contributed by atoms with Crippen LogP contribution in [0.5, 0.6) is 0 Å². The van der Waals surface area contributed by atoms with Gasteiger partial charge < -0.3 is 5.11 Å². The number of rotatable bonds is 7. The van der Waals surface area contributed by atoms with Crippen LogP contribution >= 0.6 is 11.3 Å². The van der Waals surface area contributed by atoms with Crippen LogP contribution in [0.25, 0.3) is 0 Å². The van der Waals surface area contributed by atoms with Crippen molar-refractivity contribution in [3.63, 3.8) is 0 Å². The molecule has 1 heterocycles. The second-order valence-electron chi connectivity index (χ2n) is 4.39. The van der Waals surface area contributed by atoms with Gasteiger partial charge in [-0.3, -0.25) is 0 Å². The highest BCUT2D eigenvalue weighted by Crippen LogP contribution is 2.08. The normalized spacial score (nSPS) is 11.4. The maximum atomic E-state index is 11.9. The summed E-state index contributed by atoms with van der Waals surface area (Å²) in [5.74, 6) is -1.21. The van der Waals surface area contributed by atoms with Crippen molar-refractivity contribution in [3.05, 3.63) is 52.0 Å². The minimum atomic E-state index is -3.44. The summed E-state index contributed by atoms with van der Waals surface area (Å²) in [5, 5.41) is 10.7. The topological polar surface area (TPSA) is 96.4 Å². The lowest BCUT2D eigenvalue weighted by molar-refractivity contribution is 0.0697. The van der Waals surface area contributed by atoms with E-state index in [1.165, 1.54) is 35.6 Å². The highest BCUT2D eigenvalue weighted by molar-refractivity contribution is 7.88. The number of benzene rings is 1. The van der Waals surface area contributed by atoms with Gasteiger partial charge in [0.15, 0.2) is 0 Å². The molecule has 0 unspecified atom stereocenters. The van der Waals surface area contributed by atoms with Crippen LogP contribution in [0, 0.1) is 0 Å². The molecule has 0 saturated carbocycles. The molecule has 8 heteroatoms. The number of hydrogen-bond acceptors (Lipinski definition) is 5. The van der Waals surface area contributed by atoms with Crippen LogP contribution in [0.15, 0.2) is 35.2 Å². The van der Waals surface area contributed by atoms with E-state index in [1.54, 1.807) is 5.51 Å². The Hall–Kier alpha value is -1.77. The summed E-state index contributed by atoms with van der Waals surface area (Å²) >= 11 is 1.47. The highest BCUT2D eigenvalue weighted by Gasteiger charge is 2.12. The number of hydrogen-bond donors (Lipinski definition) is 2. The van der Waals surface area contributed by atoms with Crippen LogP contribution in [0.3, 0.4) is 0 Å². The Labute approximate surface area is 126 Å². The Morgan fingerprint density at radius 1 is 1.29 bits per heavy atom. The number of aromatic carboxylic acids is 1. The van der Waals surface area contributed by atoms with Gasteiger partial charge in [-0.05, 0) is 17.7 Å². The fraction of sp³-hybridized carbons (Fsp3) is 0.231. The summed E-state index contributed by atoms with van der Waals surface area (Å²) in [6.45, 7) is 0.291. The molecule has 0 amide bonds. The molecule has 6 nitrogen and oxygen atoms in total. The first-order valence-electron chi connectivity index (χ1n) is 6.13. The van der Waals surface area contributed by atoms with Crippen molar-refractivity contribution in [2.45, 2.75) is 12.2 Å². The largest absolute Gasteiger partial charge is 0.478 e. The molecular weight excluding hydrogens is 312 g/mol. The van der Waals surface area contributed by atoms with Crippen LogP contribution < -0.4 is 4.72 Å². The van der Waals surface area contributed by atoms with E-state index in [-0.39, 0.29) is 11.3 Å². The van der Waals surface area contributed by atoms with Crippen molar-refractivity contribution in [1.29, 1.82) is 0 Å². The first-order chi connectivity index (χ1) is 9.96. The third-order valence-corrected chi connectivity index (χ3v) is 4.74. The molecule has 0 spiro atoms. The van der Waals surface area contributed by atoms with Crippen molar-refractivity contribution < 1.29 is 18.3 Å². The van der Waals surface area contributed by atoms with Gasteiger partial charge in [-0.2, -0.15) is 0 Å². The van der Waals surface area contributed by atoms with Crippen LogP contribution in [-0.4, -0.2) is 31.0 Å². The lowest BCUT2D eigenvalue weighted by atomic mass is 10.1. The molecule has 0 radical (unpaired) electrons. The molecule has 0 aliphatic carbocycles. The molecule has 0 bridgehead atoms. The van der Waals surface area contributed by atoms with Gasteiger partial charge in [-0.25, -0.2) is 22.9 Å². The number of carboxylic acid groups (broad SMARTS) is 1. The van der Waals surface area contributed by atoms with Crippen LogP contribution in [-0.2, 0) is 22.2 Å². The quantitative estimate of drug-likeness (QED) is 0.804. The van der Waals surface area contributed by atoms with Crippen LogP contribution in [0.4, 0.5) is 0 Å². The van der Waals surface area contributed by atoms with Crippen LogP contribution in [0.2, 0.25) is 0 Å². The Morgan fingerprint density at radius 2 is 2.00 bits per heavy atom. The third kappa shape index (κ3) is 4.92. The number of nitrogens with zero attached hydrogens (tertiary/aromatic N) is 1. The average Bonchev–Trinajstić information content (AvgIpc) is 2.91. The lowest BCUT2D eigenvalue weighted by Crippen LogP contribution is -2.27. The standard InChI is InChI=1S/C13H14N2O4S2/c16-13(17)11-3-1-10(2-4-11)8-21(18,19)15-6-5-12-7-20-9-14-12/h1-4,7,9,15H,5-6,8H2,(H,16,17). The molecule has 0 saturated heterocycles. The molecule has 2 rings (SSSR count). The molecule has 2 aromatic rings. The van der Waals surface area contributed by atoms with E-state index in [9.17, 15) is 13.2 Å². The molecular formula is C13H14N2O4S2. The highest BCUT2D eigenvalue weighted by atomic mass is 32.2. The van der Waals surface area contributed by atoms with Crippen molar-refractivity contribution in [2.24, 2.45) is 0 Å². The molecule has 1 aromatic carbocycles. The van der Waals surface area contributed by atoms with Gasteiger partial charge in [0.25, 0.3) is 0 Å². The monoisotopic (exact) mass is 326 g/mol. The molecule has 2 N–H and O–H groups in total. The summed E-state index contributed by atoms with van der Waals surface area (Å²) in [6, 6.07) is 5.79. The number of aromatic nitrogens is 1. The summed E-state index contributed by atoms with van der Waals surface area (Å²) in [5.41, 5.74) is 3.23. The molecule has 21 heavy (non-hydrogen) atoms. The molecule has 0 fully saturated rings. The Balaban J connectivity index is 1.89. The van der Waals surface area contributed by atoms with Gasteiger partial charge in [0, 0.05) is 18.3 Å². The van der Waals surface area contributed by atoms with E-state index in [2.05, 4.69) is 9.71 Å². The van der Waals surface area contributed by atoms with Crippen molar-refractivity contribution >= 4 is 27.3 Å². The Kier molecular flexibility index (Phi) is 5.05. The van der Waals surface area contributed by atoms with Gasteiger partial charge in [-0.15, -0.1) is 11.3 Å². The predicted molar refractivity (Wildman–Crippen MR) is 79.8 cm³/mol. The minimum Gasteiger partial charge on any atom is -0.478 e.